The average molecular weight is 337 g/mol. The van der Waals surface area contributed by atoms with Crippen molar-refractivity contribution in [2.75, 3.05) is 13.2 Å². The van der Waals surface area contributed by atoms with Crippen molar-refractivity contribution >= 4 is 0 Å². The van der Waals surface area contributed by atoms with Crippen molar-refractivity contribution in [3.8, 4) is 0 Å². The molecular formula is C21H36O3. The van der Waals surface area contributed by atoms with Gasteiger partial charge in [-0.15, -0.1) is 6.58 Å². The number of hydrogen-bond donors (Lipinski definition) is 3. The van der Waals surface area contributed by atoms with E-state index in [1.807, 2.05) is 0 Å². The van der Waals surface area contributed by atoms with Crippen molar-refractivity contribution in [2.45, 2.75) is 64.9 Å². The summed E-state index contributed by atoms with van der Waals surface area (Å²) in [6, 6.07) is 0. The lowest BCUT2D eigenvalue weighted by Gasteiger charge is -2.56. The molecule has 0 spiro atoms. The molecule has 0 heterocycles. The van der Waals surface area contributed by atoms with Gasteiger partial charge in [0, 0.05) is 13.2 Å². The molecule has 0 saturated heterocycles. The van der Waals surface area contributed by atoms with Gasteiger partial charge in [-0.05, 0) is 85.4 Å². The summed E-state index contributed by atoms with van der Waals surface area (Å²) < 4.78 is 0. The molecule has 0 aromatic rings. The van der Waals surface area contributed by atoms with E-state index in [1.165, 1.54) is 19.3 Å². The van der Waals surface area contributed by atoms with Crippen LogP contribution in [0.4, 0.5) is 0 Å². The molecule has 0 radical (unpaired) electrons. The normalized spacial score (nSPS) is 52.0. The second-order valence-corrected chi connectivity index (χ2v) is 9.34. The quantitative estimate of drug-likeness (QED) is 0.690. The molecule has 3 N–H and O–H groups in total. The van der Waals surface area contributed by atoms with Gasteiger partial charge in [0.05, 0.1) is 6.10 Å². The molecule has 3 fully saturated rings. The van der Waals surface area contributed by atoms with Crippen LogP contribution in [0.15, 0.2) is 12.7 Å². The first-order chi connectivity index (χ1) is 11.4. The minimum Gasteiger partial charge on any atom is -0.396 e. The highest BCUT2D eigenvalue weighted by molar-refractivity contribution is 5.09. The van der Waals surface area contributed by atoms with Crippen molar-refractivity contribution in [1.82, 2.24) is 0 Å². The summed E-state index contributed by atoms with van der Waals surface area (Å²) in [4.78, 5) is 0. The van der Waals surface area contributed by atoms with Gasteiger partial charge in [0.1, 0.15) is 0 Å². The summed E-state index contributed by atoms with van der Waals surface area (Å²) in [7, 11) is 0. The zero-order chi connectivity index (χ0) is 17.5. The van der Waals surface area contributed by atoms with Crippen molar-refractivity contribution in [2.24, 2.45) is 40.4 Å². The van der Waals surface area contributed by atoms with E-state index in [1.54, 1.807) is 0 Å². The summed E-state index contributed by atoms with van der Waals surface area (Å²) >= 11 is 0. The van der Waals surface area contributed by atoms with Crippen molar-refractivity contribution < 1.29 is 15.3 Å². The van der Waals surface area contributed by atoms with Crippen molar-refractivity contribution in [3.63, 3.8) is 0 Å². The van der Waals surface area contributed by atoms with Gasteiger partial charge in [-0.1, -0.05) is 19.9 Å². The molecule has 3 heteroatoms. The fourth-order valence-corrected chi connectivity index (χ4v) is 6.96. The minimum atomic E-state index is -0.270. The number of hydrogen-bond acceptors (Lipinski definition) is 3. The summed E-state index contributed by atoms with van der Waals surface area (Å²) in [6.45, 7) is 9.19. The standard InChI is InChI=1S/C21H36O3/c1-4-14-5-6-18-17(13-23)19(8-10-20(14,18)2)21(3)9-7-16(24)11-15(21)12-22/h4,14-19,22-24H,1,5-13H2,2-3H3/t14?,15-,16+,17+,18?,19?,20-,21+/m1/s1. The molecule has 138 valence electrons. The SMILES string of the molecule is C=CC1CCC2[C@H](CO)C([C@@]3(C)CC[C@H](O)C[C@@H]3CO)CC[C@]12C. The van der Waals surface area contributed by atoms with Crippen LogP contribution in [0, 0.1) is 40.4 Å². The van der Waals surface area contributed by atoms with E-state index in [4.69, 9.17) is 0 Å². The molecule has 8 atom stereocenters. The lowest BCUT2D eigenvalue weighted by Crippen LogP contribution is -2.52. The first kappa shape index (κ1) is 18.4. The molecule has 0 aromatic carbocycles. The van der Waals surface area contributed by atoms with Crippen LogP contribution in [-0.2, 0) is 0 Å². The van der Waals surface area contributed by atoms with Crippen LogP contribution in [0.25, 0.3) is 0 Å². The highest BCUT2D eigenvalue weighted by Crippen LogP contribution is 2.63. The van der Waals surface area contributed by atoms with Crippen LogP contribution in [0.5, 0.6) is 0 Å². The zero-order valence-corrected chi connectivity index (χ0v) is 15.5. The van der Waals surface area contributed by atoms with Crippen LogP contribution < -0.4 is 0 Å². The summed E-state index contributed by atoms with van der Waals surface area (Å²) in [5, 5.41) is 30.3. The molecule has 24 heavy (non-hydrogen) atoms. The lowest BCUT2D eigenvalue weighted by molar-refractivity contribution is -0.112. The fourth-order valence-electron chi connectivity index (χ4n) is 6.96. The van der Waals surface area contributed by atoms with E-state index in [0.29, 0.717) is 30.1 Å². The van der Waals surface area contributed by atoms with Gasteiger partial charge in [-0.3, -0.25) is 0 Å². The number of allylic oxidation sites excluding steroid dienone is 1. The zero-order valence-electron chi connectivity index (χ0n) is 15.5. The topological polar surface area (TPSA) is 60.7 Å². The second-order valence-electron chi connectivity index (χ2n) is 9.34. The summed E-state index contributed by atoms with van der Waals surface area (Å²) in [5.74, 6) is 2.07. The van der Waals surface area contributed by atoms with E-state index in [-0.39, 0.29) is 36.1 Å². The van der Waals surface area contributed by atoms with E-state index >= 15 is 0 Å². The van der Waals surface area contributed by atoms with Crippen LogP contribution in [0.3, 0.4) is 0 Å². The Morgan fingerprint density at radius 2 is 1.62 bits per heavy atom. The maximum atomic E-state index is 10.3. The Morgan fingerprint density at radius 1 is 0.958 bits per heavy atom. The maximum Gasteiger partial charge on any atom is 0.0544 e. The Balaban J connectivity index is 1.88. The van der Waals surface area contributed by atoms with E-state index in [9.17, 15) is 15.3 Å². The predicted octanol–water partition coefficient (Wildman–Crippen LogP) is 3.38. The third-order valence-electron chi connectivity index (χ3n) is 8.58. The van der Waals surface area contributed by atoms with Gasteiger partial charge in [0.2, 0.25) is 0 Å². The van der Waals surface area contributed by atoms with Crippen LogP contribution in [-0.4, -0.2) is 34.6 Å². The third-order valence-corrected chi connectivity index (χ3v) is 8.58. The smallest absolute Gasteiger partial charge is 0.0544 e. The van der Waals surface area contributed by atoms with Gasteiger partial charge in [0.15, 0.2) is 0 Å². The first-order valence-corrected chi connectivity index (χ1v) is 9.93. The highest BCUT2D eigenvalue weighted by atomic mass is 16.3. The lowest BCUT2D eigenvalue weighted by atomic mass is 9.49. The monoisotopic (exact) mass is 336 g/mol. The van der Waals surface area contributed by atoms with Crippen LogP contribution in [0.1, 0.15) is 58.8 Å². The number of rotatable bonds is 4. The Morgan fingerprint density at radius 3 is 2.25 bits per heavy atom. The number of fused-ring (bicyclic) bond motifs is 1. The predicted molar refractivity (Wildman–Crippen MR) is 96.4 cm³/mol. The molecule has 3 aliphatic rings. The first-order valence-electron chi connectivity index (χ1n) is 9.93. The van der Waals surface area contributed by atoms with E-state index in [2.05, 4.69) is 26.5 Å². The molecule has 0 bridgehead atoms. The van der Waals surface area contributed by atoms with Crippen LogP contribution in [0.2, 0.25) is 0 Å². The third kappa shape index (κ3) is 2.68. The van der Waals surface area contributed by atoms with E-state index in [0.717, 1.165) is 19.3 Å². The Bertz CT molecular complexity index is 464. The second kappa shape index (κ2) is 6.74. The Kier molecular flexibility index (Phi) is 5.17. The fraction of sp³-hybridized carbons (Fsp3) is 0.905. The molecule has 0 aliphatic heterocycles. The number of aliphatic hydroxyl groups is 3. The molecule has 0 amide bonds. The molecule has 3 nitrogen and oxygen atoms in total. The van der Waals surface area contributed by atoms with Gasteiger partial charge in [-0.25, -0.2) is 0 Å². The number of aliphatic hydroxyl groups excluding tert-OH is 3. The van der Waals surface area contributed by atoms with Gasteiger partial charge < -0.3 is 15.3 Å². The molecular weight excluding hydrogens is 300 g/mol. The van der Waals surface area contributed by atoms with Crippen molar-refractivity contribution in [1.29, 1.82) is 0 Å². The Hall–Kier alpha value is -0.380. The van der Waals surface area contributed by atoms with Gasteiger partial charge in [0.25, 0.3) is 0 Å². The highest BCUT2D eigenvalue weighted by Gasteiger charge is 2.57. The van der Waals surface area contributed by atoms with Crippen molar-refractivity contribution in [3.05, 3.63) is 12.7 Å². The summed E-state index contributed by atoms with van der Waals surface area (Å²) in [6.07, 6.45) is 9.10. The summed E-state index contributed by atoms with van der Waals surface area (Å²) in [5.41, 5.74) is 0.319. The molecule has 0 aromatic heterocycles. The molecule has 3 rings (SSSR count). The average Bonchev–Trinajstić information content (AvgIpc) is 2.92. The van der Waals surface area contributed by atoms with E-state index < -0.39 is 0 Å². The molecule has 3 aliphatic carbocycles. The largest absolute Gasteiger partial charge is 0.396 e. The molecule has 3 unspecified atom stereocenters. The van der Waals surface area contributed by atoms with Crippen LogP contribution >= 0.6 is 0 Å². The minimum absolute atomic E-state index is 0.0367. The molecule has 3 saturated carbocycles. The van der Waals surface area contributed by atoms with Gasteiger partial charge in [-0.2, -0.15) is 0 Å². The Labute approximate surface area is 147 Å². The van der Waals surface area contributed by atoms with Gasteiger partial charge >= 0.3 is 0 Å². The maximum absolute atomic E-state index is 10.3.